The Balaban J connectivity index is 1.87. The lowest BCUT2D eigenvalue weighted by Gasteiger charge is -2.04. The van der Waals surface area contributed by atoms with Gasteiger partial charge in [-0.25, -0.2) is 0 Å². The minimum atomic E-state index is -4.41. The number of hydrogen-bond donors (Lipinski definition) is 0. The van der Waals surface area contributed by atoms with Crippen LogP contribution in [-0.2, 0) is 17.8 Å². The molecule has 0 N–H and O–H groups in total. The Kier molecular flexibility index (Phi) is 4.69. The van der Waals surface area contributed by atoms with Crippen LogP contribution in [0.25, 0.3) is 0 Å². The number of carbonyl (C=O) groups is 1. The number of alkyl halides is 3. The molecule has 0 spiro atoms. The molecule has 0 aliphatic rings. The second-order valence-corrected chi connectivity index (χ2v) is 4.18. The highest BCUT2D eigenvalue weighted by Gasteiger charge is 2.27. The van der Waals surface area contributed by atoms with Crippen LogP contribution in [0.1, 0.15) is 22.1 Å². The molecule has 0 aliphatic carbocycles. The number of Topliss-reactive ketones (excluding diaryl/α,β-unsaturated/α-hetero) is 1. The number of halogens is 3. The molecule has 2 aromatic rings. The molecule has 0 radical (unpaired) electrons. The fourth-order valence-electron chi connectivity index (χ4n) is 1.54. The topological polar surface area (TPSA) is 65.2 Å². The summed E-state index contributed by atoms with van der Waals surface area (Å²) in [5.74, 6) is -0.216. The predicted octanol–water partition coefficient (Wildman–Crippen LogP) is 2.57. The number of rotatable bonds is 6. The van der Waals surface area contributed by atoms with Gasteiger partial charge in [0.1, 0.15) is 13.2 Å². The van der Waals surface area contributed by atoms with E-state index < -0.39 is 19.4 Å². The average Bonchev–Trinajstić information content (AvgIpc) is 2.86. The average molecular weight is 300 g/mol. The van der Waals surface area contributed by atoms with E-state index >= 15 is 0 Å². The molecule has 0 amide bonds. The summed E-state index contributed by atoms with van der Waals surface area (Å²) in [7, 11) is 0. The zero-order valence-corrected chi connectivity index (χ0v) is 10.8. The number of aromatic nitrogens is 2. The van der Waals surface area contributed by atoms with Crippen molar-refractivity contribution in [2.24, 2.45) is 0 Å². The minimum absolute atomic E-state index is 0.0323. The van der Waals surface area contributed by atoms with Crippen molar-refractivity contribution in [3.63, 3.8) is 0 Å². The largest absolute Gasteiger partial charge is 0.411 e. The smallest absolute Gasteiger partial charge is 0.364 e. The van der Waals surface area contributed by atoms with Crippen LogP contribution in [0.2, 0.25) is 0 Å². The Hall–Kier alpha value is -2.22. The SMILES string of the molecule is O=C(Cc1nc(COCC(F)(F)F)no1)c1ccccc1. The Bertz CT molecular complexity index is 596. The zero-order chi connectivity index (χ0) is 15.3. The summed E-state index contributed by atoms with van der Waals surface area (Å²) in [5, 5.41) is 3.45. The van der Waals surface area contributed by atoms with Crippen LogP contribution >= 0.6 is 0 Å². The molecule has 2 rings (SSSR count). The first-order chi connectivity index (χ1) is 9.94. The van der Waals surface area contributed by atoms with Gasteiger partial charge in [0, 0.05) is 5.56 Å². The molecule has 1 aromatic heterocycles. The summed E-state index contributed by atoms with van der Waals surface area (Å²) in [5.41, 5.74) is 0.491. The van der Waals surface area contributed by atoms with E-state index in [1.807, 2.05) is 0 Å². The quantitative estimate of drug-likeness (QED) is 0.767. The molecule has 0 saturated heterocycles. The van der Waals surface area contributed by atoms with Gasteiger partial charge in [-0.3, -0.25) is 4.79 Å². The van der Waals surface area contributed by atoms with E-state index in [4.69, 9.17) is 4.52 Å². The number of nitrogens with zero attached hydrogens (tertiary/aromatic N) is 2. The van der Waals surface area contributed by atoms with Crippen LogP contribution in [0, 0.1) is 0 Å². The molecule has 8 heteroatoms. The summed E-state index contributed by atoms with van der Waals surface area (Å²) < 4.78 is 44.9. The molecule has 1 heterocycles. The summed E-state index contributed by atoms with van der Waals surface area (Å²) in [4.78, 5) is 15.7. The van der Waals surface area contributed by atoms with Crippen LogP contribution in [0.5, 0.6) is 0 Å². The molecular weight excluding hydrogens is 289 g/mol. The van der Waals surface area contributed by atoms with Crippen molar-refractivity contribution < 1.29 is 27.2 Å². The van der Waals surface area contributed by atoms with Gasteiger partial charge in [-0.15, -0.1) is 0 Å². The second-order valence-electron chi connectivity index (χ2n) is 4.18. The Morgan fingerprint density at radius 2 is 1.95 bits per heavy atom. The summed E-state index contributed by atoms with van der Waals surface area (Å²) in [6, 6.07) is 8.51. The highest BCUT2D eigenvalue weighted by molar-refractivity contribution is 5.96. The molecular formula is C13H11F3N2O3. The first kappa shape index (κ1) is 15.2. The van der Waals surface area contributed by atoms with Gasteiger partial charge < -0.3 is 9.26 Å². The van der Waals surface area contributed by atoms with Crippen molar-refractivity contribution in [3.05, 3.63) is 47.6 Å². The van der Waals surface area contributed by atoms with E-state index in [0.717, 1.165) is 0 Å². The molecule has 21 heavy (non-hydrogen) atoms. The van der Waals surface area contributed by atoms with Crippen molar-refractivity contribution in [2.45, 2.75) is 19.2 Å². The molecule has 5 nitrogen and oxygen atoms in total. The first-order valence-corrected chi connectivity index (χ1v) is 5.98. The van der Waals surface area contributed by atoms with Gasteiger partial charge in [-0.2, -0.15) is 18.2 Å². The molecule has 0 fully saturated rings. The van der Waals surface area contributed by atoms with Gasteiger partial charge in [0.05, 0.1) is 6.42 Å². The van der Waals surface area contributed by atoms with Crippen molar-refractivity contribution >= 4 is 5.78 Å². The van der Waals surface area contributed by atoms with Crippen molar-refractivity contribution in [1.29, 1.82) is 0 Å². The molecule has 1 aromatic carbocycles. The summed E-state index contributed by atoms with van der Waals surface area (Å²) in [6.45, 7) is -1.82. The summed E-state index contributed by atoms with van der Waals surface area (Å²) >= 11 is 0. The molecule has 0 atom stereocenters. The van der Waals surface area contributed by atoms with Gasteiger partial charge in [-0.1, -0.05) is 35.5 Å². The van der Waals surface area contributed by atoms with Crippen LogP contribution in [-0.4, -0.2) is 28.7 Å². The molecule has 0 bridgehead atoms. The number of carbonyl (C=O) groups excluding carboxylic acids is 1. The van der Waals surface area contributed by atoms with Gasteiger partial charge in [0.25, 0.3) is 0 Å². The van der Waals surface area contributed by atoms with Gasteiger partial charge >= 0.3 is 6.18 Å². The van der Waals surface area contributed by atoms with Crippen molar-refractivity contribution in [2.75, 3.05) is 6.61 Å². The van der Waals surface area contributed by atoms with E-state index in [-0.39, 0.29) is 23.9 Å². The van der Waals surface area contributed by atoms with Crippen LogP contribution < -0.4 is 0 Å². The fourth-order valence-corrected chi connectivity index (χ4v) is 1.54. The van der Waals surface area contributed by atoms with Gasteiger partial charge in [0.15, 0.2) is 11.6 Å². The van der Waals surface area contributed by atoms with Crippen molar-refractivity contribution in [3.8, 4) is 0 Å². The van der Waals surface area contributed by atoms with E-state index in [2.05, 4.69) is 14.9 Å². The highest BCUT2D eigenvalue weighted by Crippen LogP contribution is 2.15. The first-order valence-electron chi connectivity index (χ1n) is 5.98. The fraction of sp³-hybridized carbons (Fsp3) is 0.308. The number of ether oxygens (including phenoxy) is 1. The van der Waals surface area contributed by atoms with E-state index in [9.17, 15) is 18.0 Å². The number of ketones is 1. The predicted molar refractivity (Wildman–Crippen MR) is 64.5 cm³/mol. The Morgan fingerprint density at radius 1 is 1.24 bits per heavy atom. The lowest BCUT2D eigenvalue weighted by Crippen LogP contribution is -2.17. The normalized spacial score (nSPS) is 11.6. The van der Waals surface area contributed by atoms with Gasteiger partial charge in [0.2, 0.25) is 5.89 Å². The zero-order valence-electron chi connectivity index (χ0n) is 10.8. The van der Waals surface area contributed by atoms with E-state index in [1.54, 1.807) is 30.3 Å². The third-order valence-corrected chi connectivity index (χ3v) is 2.41. The lowest BCUT2D eigenvalue weighted by molar-refractivity contribution is -0.177. The standard InChI is InChI=1S/C13H11F3N2O3/c14-13(15,16)8-20-7-11-17-12(21-18-11)6-10(19)9-4-2-1-3-5-9/h1-5H,6-8H2. The summed E-state index contributed by atoms with van der Waals surface area (Å²) in [6.07, 6.45) is -4.52. The van der Waals surface area contributed by atoms with Crippen LogP contribution in [0.4, 0.5) is 13.2 Å². The Labute approximate surface area is 117 Å². The minimum Gasteiger partial charge on any atom is -0.364 e. The van der Waals surface area contributed by atoms with Crippen LogP contribution in [0.15, 0.2) is 34.9 Å². The maximum Gasteiger partial charge on any atom is 0.411 e. The van der Waals surface area contributed by atoms with E-state index in [0.29, 0.717) is 5.56 Å². The molecule has 112 valence electrons. The monoisotopic (exact) mass is 300 g/mol. The van der Waals surface area contributed by atoms with Gasteiger partial charge in [-0.05, 0) is 0 Å². The Morgan fingerprint density at radius 3 is 2.62 bits per heavy atom. The van der Waals surface area contributed by atoms with Crippen LogP contribution in [0.3, 0.4) is 0 Å². The third-order valence-electron chi connectivity index (χ3n) is 2.41. The lowest BCUT2D eigenvalue weighted by atomic mass is 10.1. The third kappa shape index (κ3) is 4.99. The second kappa shape index (κ2) is 6.49. The van der Waals surface area contributed by atoms with E-state index in [1.165, 1.54) is 0 Å². The maximum absolute atomic E-state index is 11.9. The molecule has 0 aliphatic heterocycles. The molecule has 0 unspecified atom stereocenters. The number of benzene rings is 1. The maximum atomic E-state index is 11.9. The van der Waals surface area contributed by atoms with Crippen molar-refractivity contribution in [1.82, 2.24) is 10.1 Å². The molecule has 0 saturated carbocycles. The number of hydrogen-bond acceptors (Lipinski definition) is 5. The highest BCUT2D eigenvalue weighted by atomic mass is 19.4.